The molecule has 16 heavy (non-hydrogen) atoms. The predicted octanol–water partition coefficient (Wildman–Crippen LogP) is 2.66. The van der Waals surface area contributed by atoms with Gasteiger partial charge in [-0.15, -0.1) is 0 Å². The van der Waals surface area contributed by atoms with E-state index in [1.165, 1.54) is 0 Å². The van der Waals surface area contributed by atoms with Gasteiger partial charge in [-0.2, -0.15) is 0 Å². The summed E-state index contributed by atoms with van der Waals surface area (Å²) in [5, 5.41) is 1.61. The van der Waals surface area contributed by atoms with Gasteiger partial charge in [0.25, 0.3) is 5.56 Å². The van der Waals surface area contributed by atoms with Gasteiger partial charge in [-0.1, -0.05) is 19.9 Å². The van der Waals surface area contributed by atoms with Gasteiger partial charge in [0.15, 0.2) is 0 Å². The van der Waals surface area contributed by atoms with Crippen molar-refractivity contribution in [3.63, 3.8) is 0 Å². The SMILES string of the molecule is COc1cccc2c(=O)[nH]cc(C(C)C)c12. The molecule has 1 N–H and O–H groups in total. The monoisotopic (exact) mass is 217 g/mol. The van der Waals surface area contributed by atoms with Crippen LogP contribution in [0.2, 0.25) is 0 Å². The van der Waals surface area contributed by atoms with E-state index in [9.17, 15) is 4.79 Å². The van der Waals surface area contributed by atoms with Crippen molar-refractivity contribution in [1.29, 1.82) is 0 Å². The predicted molar refractivity (Wildman–Crippen MR) is 65.2 cm³/mol. The molecule has 1 heterocycles. The van der Waals surface area contributed by atoms with Crippen molar-refractivity contribution < 1.29 is 4.74 Å². The molecule has 0 saturated carbocycles. The minimum atomic E-state index is -0.0710. The minimum absolute atomic E-state index is 0.0710. The number of hydrogen-bond donors (Lipinski definition) is 1. The number of rotatable bonds is 2. The second-order valence-corrected chi connectivity index (χ2v) is 4.11. The van der Waals surface area contributed by atoms with E-state index in [4.69, 9.17) is 4.74 Å². The molecule has 3 heteroatoms. The molecule has 1 aromatic carbocycles. The number of ether oxygens (including phenoxy) is 1. The molecule has 0 aliphatic carbocycles. The first kappa shape index (κ1) is 10.7. The maximum Gasteiger partial charge on any atom is 0.255 e. The van der Waals surface area contributed by atoms with E-state index < -0.39 is 0 Å². The summed E-state index contributed by atoms with van der Waals surface area (Å²) in [6.45, 7) is 4.19. The molecular weight excluding hydrogens is 202 g/mol. The molecule has 0 unspecified atom stereocenters. The standard InChI is InChI=1S/C13H15NO2/c1-8(2)10-7-14-13(15)9-5-4-6-11(16-3)12(9)10/h4-8H,1-3H3,(H,14,15). The average Bonchev–Trinajstić information content (AvgIpc) is 2.28. The topological polar surface area (TPSA) is 42.1 Å². The molecule has 0 bridgehead atoms. The lowest BCUT2D eigenvalue weighted by molar-refractivity contribution is 0.419. The van der Waals surface area contributed by atoms with Crippen LogP contribution in [0, 0.1) is 0 Å². The Kier molecular flexibility index (Phi) is 2.69. The Morgan fingerprint density at radius 1 is 1.31 bits per heavy atom. The maximum absolute atomic E-state index is 11.7. The number of aromatic nitrogens is 1. The van der Waals surface area contributed by atoms with Crippen molar-refractivity contribution in [1.82, 2.24) is 4.98 Å². The van der Waals surface area contributed by atoms with Gasteiger partial charge in [-0.3, -0.25) is 4.79 Å². The fourth-order valence-electron chi connectivity index (χ4n) is 1.94. The number of methoxy groups -OCH3 is 1. The Labute approximate surface area is 94.1 Å². The molecule has 2 aromatic rings. The number of aromatic amines is 1. The molecule has 1 aromatic heterocycles. The van der Waals surface area contributed by atoms with Crippen molar-refractivity contribution in [2.24, 2.45) is 0 Å². The molecule has 2 rings (SSSR count). The van der Waals surface area contributed by atoms with Crippen molar-refractivity contribution in [3.05, 3.63) is 40.3 Å². The summed E-state index contributed by atoms with van der Waals surface area (Å²) < 4.78 is 5.32. The van der Waals surface area contributed by atoms with E-state index in [0.717, 1.165) is 16.7 Å². The molecule has 0 aliphatic heterocycles. The highest BCUT2D eigenvalue weighted by Crippen LogP contribution is 2.30. The number of nitrogens with one attached hydrogen (secondary N) is 1. The van der Waals surface area contributed by atoms with Gasteiger partial charge in [0.2, 0.25) is 0 Å². The zero-order valence-electron chi connectivity index (χ0n) is 9.70. The van der Waals surface area contributed by atoms with E-state index in [-0.39, 0.29) is 5.56 Å². The smallest absolute Gasteiger partial charge is 0.255 e. The fraction of sp³-hybridized carbons (Fsp3) is 0.308. The Morgan fingerprint density at radius 2 is 2.06 bits per heavy atom. The van der Waals surface area contributed by atoms with Crippen molar-refractivity contribution in [3.8, 4) is 5.75 Å². The van der Waals surface area contributed by atoms with Gasteiger partial charge in [0.05, 0.1) is 12.5 Å². The normalized spacial score (nSPS) is 11.0. The van der Waals surface area contributed by atoms with Gasteiger partial charge in [0, 0.05) is 11.6 Å². The van der Waals surface area contributed by atoms with Crippen LogP contribution in [0.5, 0.6) is 5.75 Å². The van der Waals surface area contributed by atoms with Crippen LogP contribution in [0.4, 0.5) is 0 Å². The van der Waals surface area contributed by atoms with Crippen LogP contribution in [0.1, 0.15) is 25.3 Å². The molecule has 3 nitrogen and oxygen atoms in total. The molecule has 0 atom stereocenters. The summed E-state index contributed by atoms with van der Waals surface area (Å²) in [5.74, 6) is 1.10. The third kappa shape index (κ3) is 1.58. The van der Waals surface area contributed by atoms with E-state index in [1.54, 1.807) is 13.3 Å². The van der Waals surface area contributed by atoms with Crippen LogP contribution >= 0.6 is 0 Å². The van der Waals surface area contributed by atoms with E-state index >= 15 is 0 Å². The van der Waals surface area contributed by atoms with Crippen LogP contribution in [0.15, 0.2) is 29.2 Å². The molecule has 0 aliphatic rings. The molecule has 84 valence electrons. The molecule has 0 spiro atoms. The first-order valence-corrected chi connectivity index (χ1v) is 5.33. The zero-order valence-corrected chi connectivity index (χ0v) is 9.70. The van der Waals surface area contributed by atoms with Crippen LogP contribution in [0.3, 0.4) is 0 Å². The van der Waals surface area contributed by atoms with E-state index in [1.807, 2.05) is 18.2 Å². The molecular formula is C13H15NO2. The van der Waals surface area contributed by atoms with Crippen LogP contribution in [-0.2, 0) is 0 Å². The molecule has 0 radical (unpaired) electrons. The van der Waals surface area contributed by atoms with Gasteiger partial charge < -0.3 is 9.72 Å². The van der Waals surface area contributed by atoms with Crippen LogP contribution in [0.25, 0.3) is 10.8 Å². The fourth-order valence-corrected chi connectivity index (χ4v) is 1.94. The van der Waals surface area contributed by atoms with Gasteiger partial charge in [0.1, 0.15) is 5.75 Å². The largest absolute Gasteiger partial charge is 0.496 e. The first-order chi connectivity index (χ1) is 7.65. The third-order valence-corrected chi connectivity index (χ3v) is 2.76. The van der Waals surface area contributed by atoms with E-state index in [2.05, 4.69) is 18.8 Å². The lowest BCUT2D eigenvalue weighted by Crippen LogP contribution is -2.08. The second-order valence-electron chi connectivity index (χ2n) is 4.11. The summed E-state index contributed by atoms with van der Waals surface area (Å²) in [5.41, 5.74) is 1.03. The Bertz CT molecular complexity index is 570. The summed E-state index contributed by atoms with van der Waals surface area (Å²) in [6.07, 6.45) is 1.78. The summed E-state index contributed by atoms with van der Waals surface area (Å²) >= 11 is 0. The molecule has 0 saturated heterocycles. The molecule has 0 fully saturated rings. The first-order valence-electron chi connectivity index (χ1n) is 5.33. The highest BCUT2D eigenvalue weighted by molar-refractivity contribution is 5.90. The highest BCUT2D eigenvalue weighted by Gasteiger charge is 2.11. The zero-order chi connectivity index (χ0) is 11.7. The summed E-state index contributed by atoms with van der Waals surface area (Å²) in [7, 11) is 1.63. The lowest BCUT2D eigenvalue weighted by Gasteiger charge is -2.12. The third-order valence-electron chi connectivity index (χ3n) is 2.76. The Hall–Kier alpha value is -1.77. The summed E-state index contributed by atoms with van der Waals surface area (Å²) in [4.78, 5) is 14.5. The number of fused-ring (bicyclic) bond motifs is 1. The minimum Gasteiger partial charge on any atom is -0.496 e. The quantitative estimate of drug-likeness (QED) is 0.840. The number of pyridine rings is 1. The molecule has 0 amide bonds. The summed E-state index contributed by atoms with van der Waals surface area (Å²) in [6, 6.07) is 5.54. The number of benzene rings is 1. The van der Waals surface area contributed by atoms with Gasteiger partial charge >= 0.3 is 0 Å². The van der Waals surface area contributed by atoms with Gasteiger partial charge in [-0.05, 0) is 23.6 Å². The highest BCUT2D eigenvalue weighted by atomic mass is 16.5. The second kappa shape index (κ2) is 4.00. The van der Waals surface area contributed by atoms with Crippen LogP contribution in [-0.4, -0.2) is 12.1 Å². The van der Waals surface area contributed by atoms with Crippen molar-refractivity contribution in [2.45, 2.75) is 19.8 Å². The van der Waals surface area contributed by atoms with Crippen molar-refractivity contribution in [2.75, 3.05) is 7.11 Å². The van der Waals surface area contributed by atoms with E-state index in [0.29, 0.717) is 11.3 Å². The maximum atomic E-state index is 11.7. The number of H-pyrrole nitrogens is 1. The Balaban J connectivity index is 2.93. The number of hydrogen-bond acceptors (Lipinski definition) is 2. The van der Waals surface area contributed by atoms with Crippen LogP contribution < -0.4 is 10.3 Å². The average molecular weight is 217 g/mol. The van der Waals surface area contributed by atoms with Crippen molar-refractivity contribution >= 4 is 10.8 Å². The van der Waals surface area contributed by atoms with Gasteiger partial charge in [-0.25, -0.2) is 0 Å². The lowest BCUT2D eigenvalue weighted by atomic mass is 9.98. The Morgan fingerprint density at radius 3 is 2.69 bits per heavy atom.